The number of rotatable bonds is 1. The summed E-state index contributed by atoms with van der Waals surface area (Å²) >= 11 is 0. The van der Waals surface area contributed by atoms with Crippen molar-refractivity contribution in [3.8, 4) is 11.1 Å². The van der Waals surface area contributed by atoms with Gasteiger partial charge in [-0.05, 0) is 11.6 Å². The smallest absolute Gasteiger partial charge is 0.272 e. The van der Waals surface area contributed by atoms with E-state index in [4.69, 9.17) is 0 Å². The van der Waals surface area contributed by atoms with Crippen LogP contribution < -0.4 is 5.56 Å². The Morgan fingerprint density at radius 1 is 0.938 bits per heavy atom. The van der Waals surface area contributed by atoms with Crippen molar-refractivity contribution in [3.05, 3.63) is 59.1 Å². The molecule has 0 aliphatic rings. The van der Waals surface area contributed by atoms with Gasteiger partial charge in [-0.25, -0.2) is 0 Å². The molecule has 2 N–H and O–H groups in total. The average molecular weight is 210 g/mol. The highest BCUT2D eigenvalue weighted by Gasteiger charge is 2.06. The van der Waals surface area contributed by atoms with Gasteiger partial charge in [0.1, 0.15) is 5.52 Å². The maximum atomic E-state index is 11.5. The first-order chi connectivity index (χ1) is 7.86. The van der Waals surface area contributed by atoms with E-state index < -0.39 is 0 Å². The van der Waals surface area contributed by atoms with Gasteiger partial charge in [0.25, 0.3) is 5.56 Å². The van der Waals surface area contributed by atoms with Gasteiger partial charge < -0.3 is 9.97 Å². The third kappa shape index (κ3) is 1.26. The first-order valence-corrected chi connectivity index (χ1v) is 5.10. The highest BCUT2D eigenvalue weighted by Crippen LogP contribution is 2.26. The molecule has 0 saturated carbocycles. The lowest BCUT2D eigenvalue weighted by Gasteiger charge is -1.97. The highest BCUT2D eigenvalue weighted by atomic mass is 16.1. The number of aromatic amines is 2. The second-order valence-corrected chi connectivity index (χ2v) is 3.66. The van der Waals surface area contributed by atoms with E-state index in [-0.39, 0.29) is 5.56 Å². The van der Waals surface area contributed by atoms with Crippen molar-refractivity contribution in [2.24, 2.45) is 0 Å². The first-order valence-electron chi connectivity index (χ1n) is 5.10. The lowest BCUT2D eigenvalue weighted by atomic mass is 10.1. The van der Waals surface area contributed by atoms with Crippen LogP contribution in [0.25, 0.3) is 22.0 Å². The molecule has 1 aromatic carbocycles. The van der Waals surface area contributed by atoms with E-state index in [1.54, 1.807) is 6.20 Å². The van der Waals surface area contributed by atoms with E-state index in [2.05, 4.69) is 9.97 Å². The number of pyridine rings is 1. The largest absolute Gasteiger partial charge is 0.356 e. The van der Waals surface area contributed by atoms with E-state index >= 15 is 0 Å². The van der Waals surface area contributed by atoms with Crippen LogP contribution in [0.2, 0.25) is 0 Å². The number of hydrogen-bond donors (Lipinski definition) is 2. The van der Waals surface area contributed by atoms with Crippen LogP contribution in [0.5, 0.6) is 0 Å². The minimum Gasteiger partial charge on any atom is -0.356 e. The molecular weight excluding hydrogens is 200 g/mol. The summed E-state index contributed by atoms with van der Waals surface area (Å²) in [4.78, 5) is 17.2. The second-order valence-electron chi connectivity index (χ2n) is 3.66. The van der Waals surface area contributed by atoms with Gasteiger partial charge in [0.05, 0.1) is 0 Å². The van der Waals surface area contributed by atoms with Crippen LogP contribution in [0.1, 0.15) is 0 Å². The highest BCUT2D eigenvalue weighted by molar-refractivity contribution is 5.94. The molecule has 0 bridgehead atoms. The molecule has 0 unspecified atom stereocenters. The zero-order chi connectivity index (χ0) is 11.0. The molecule has 3 heteroatoms. The van der Waals surface area contributed by atoms with Gasteiger partial charge in [-0.15, -0.1) is 0 Å². The van der Waals surface area contributed by atoms with E-state index in [1.807, 2.05) is 42.6 Å². The summed E-state index contributed by atoms with van der Waals surface area (Å²) in [5, 5.41) is 0.954. The molecule has 16 heavy (non-hydrogen) atoms. The van der Waals surface area contributed by atoms with E-state index in [1.165, 1.54) is 0 Å². The molecule has 3 rings (SSSR count). The van der Waals surface area contributed by atoms with E-state index in [0.717, 1.165) is 16.5 Å². The minimum atomic E-state index is -0.0836. The van der Waals surface area contributed by atoms with Crippen molar-refractivity contribution in [2.45, 2.75) is 0 Å². The molecule has 78 valence electrons. The van der Waals surface area contributed by atoms with Crippen molar-refractivity contribution in [2.75, 3.05) is 0 Å². The summed E-state index contributed by atoms with van der Waals surface area (Å²) in [5.74, 6) is 0. The Kier molecular flexibility index (Phi) is 1.90. The number of H-pyrrole nitrogens is 2. The number of benzene rings is 1. The Morgan fingerprint density at radius 2 is 1.75 bits per heavy atom. The number of nitrogens with one attached hydrogen (secondary N) is 2. The van der Waals surface area contributed by atoms with Crippen molar-refractivity contribution in [1.29, 1.82) is 0 Å². The van der Waals surface area contributed by atoms with Crippen molar-refractivity contribution in [3.63, 3.8) is 0 Å². The molecule has 0 fully saturated rings. The quantitative estimate of drug-likeness (QED) is 0.637. The van der Waals surface area contributed by atoms with Gasteiger partial charge in [0, 0.05) is 23.3 Å². The topological polar surface area (TPSA) is 48.6 Å². The van der Waals surface area contributed by atoms with Crippen LogP contribution >= 0.6 is 0 Å². The van der Waals surface area contributed by atoms with Crippen LogP contribution in [-0.2, 0) is 0 Å². The molecule has 0 atom stereocenters. The fourth-order valence-electron chi connectivity index (χ4n) is 1.92. The predicted octanol–water partition coefficient (Wildman–Crippen LogP) is 2.52. The fraction of sp³-hybridized carbons (Fsp3) is 0. The Balaban J connectivity index is 2.34. The zero-order valence-corrected chi connectivity index (χ0v) is 8.53. The van der Waals surface area contributed by atoms with Crippen molar-refractivity contribution < 1.29 is 0 Å². The molecule has 0 aliphatic carbocycles. The second kappa shape index (κ2) is 3.38. The average Bonchev–Trinajstić information content (AvgIpc) is 2.75. The fourth-order valence-corrected chi connectivity index (χ4v) is 1.92. The van der Waals surface area contributed by atoms with Crippen LogP contribution in [0.4, 0.5) is 0 Å². The summed E-state index contributed by atoms with van der Waals surface area (Å²) in [7, 11) is 0. The molecule has 0 amide bonds. The lowest BCUT2D eigenvalue weighted by molar-refractivity contribution is 1.26. The Labute approximate surface area is 91.8 Å². The molecule has 0 spiro atoms. The Bertz CT molecular complexity index is 680. The maximum absolute atomic E-state index is 11.5. The van der Waals surface area contributed by atoms with Gasteiger partial charge in [-0.3, -0.25) is 4.79 Å². The van der Waals surface area contributed by atoms with Crippen LogP contribution in [-0.4, -0.2) is 9.97 Å². The predicted molar refractivity (Wildman–Crippen MR) is 64.4 cm³/mol. The minimum absolute atomic E-state index is 0.0836. The molecule has 0 radical (unpaired) electrons. The molecule has 0 aliphatic heterocycles. The molecule has 2 aromatic heterocycles. The van der Waals surface area contributed by atoms with E-state index in [9.17, 15) is 4.79 Å². The molecule has 2 heterocycles. The zero-order valence-electron chi connectivity index (χ0n) is 8.53. The summed E-state index contributed by atoms with van der Waals surface area (Å²) in [6.45, 7) is 0. The first kappa shape index (κ1) is 8.97. The van der Waals surface area contributed by atoms with Crippen LogP contribution in [0, 0.1) is 0 Å². The molecule has 3 nitrogen and oxygen atoms in total. The van der Waals surface area contributed by atoms with Crippen LogP contribution in [0.15, 0.2) is 53.6 Å². The number of hydrogen-bond acceptors (Lipinski definition) is 1. The molecule has 0 saturated heterocycles. The van der Waals surface area contributed by atoms with Gasteiger partial charge in [0.2, 0.25) is 0 Å². The SMILES string of the molecule is O=c1[nH]ccc2c(-c3ccccc3)c[nH]c12. The van der Waals surface area contributed by atoms with Gasteiger partial charge in [0.15, 0.2) is 0 Å². The number of aromatic nitrogens is 2. The Morgan fingerprint density at radius 3 is 2.56 bits per heavy atom. The van der Waals surface area contributed by atoms with Gasteiger partial charge in [-0.2, -0.15) is 0 Å². The Hall–Kier alpha value is -2.29. The normalized spacial score (nSPS) is 10.8. The third-order valence-electron chi connectivity index (χ3n) is 2.70. The lowest BCUT2D eigenvalue weighted by Crippen LogP contribution is -2.03. The monoisotopic (exact) mass is 210 g/mol. The standard InChI is InChI=1S/C13H10N2O/c16-13-12-10(6-7-14-13)11(8-15-12)9-4-2-1-3-5-9/h1-8,15H,(H,14,16). The number of fused-ring (bicyclic) bond motifs is 1. The van der Waals surface area contributed by atoms with Gasteiger partial charge in [-0.1, -0.05) is 30.3 Å². The van der Waals surface area contributed by atoms with E-state index in [0.29, 0.717) is 5.52 Å². The summed E-state index contributed by atoms with van der Waals surface area (Å²) in [6.07, 6.45) is 3.54. The van der Waals surface area contributed by atoms with Crippen LogP contribution in [0.3, 0.4) is 0 Å². The summed E-state index contributed by atoms with van der Waals surface area (Å²) < 4.78 is 0. The van der Waals surface area contributed by atoms with Crippen molar-refractivity contribution in [1.82, 2.24) is 9.97 Å². The molecule has 3 aromatic rings. The summed E-state index contributed by atoms with van der Waals surface area (Å²) in [6, 6.07) is 11.9. The maximum Gasteiger partial charge on any atom is 0.272 e. The summed E-state index contributed by atoms with van der Waals surface area (Å²) in [5.41, 5.74) is 2.71. The van der Waals surface area contributed by atoms with Crippen molar-refractivity contribution >= 4 is 10.9 Å². The van der Waals surface area contributed by atoms with Gasteiger partial charge >= 0.3 is 0 Å². The molecular formula is C13H10N2O. The third-order valence-corrected chi connectivity index (χ3v) is 2.70.